The maximum absolute atomic E-state index is 10.3. The Kier molecular flexibility index (Phi) is 2.05. The third-order valence-corrected chi connectivity index (χ3v) is 0.510. The number of nitrogens with zero attached hydrogens (tertiary/aromatic N) is 1. The van der Waals surface area contributed by atoms with Crippen LogP contribution in [0.15, 0.2) is 5.10 Å². The van der Waals surface area contributed by atoms with Crippen LogP contribution < -0.4 is 5.43 Å². The predicted octanol–water partition coefficient (Wildman–Crippen LogP) is 0.374. The summed E-state index contributed by atoms with van der Waals surface area (Å²) in [7, 11) is 0. The van der Waals surface area contributed by atoms with Crippen LogP contribution in [0.3, 0.4) is 0 Å². The minimum Gasteiger partial charge on any atom is -0.273 e. The third kappa shape index (κ3) is 2.96. The standard InChI is InChI=1S/C4H8N2O.H2/c1-3-4(7)6-5-2;/h2-3H2,1H3,(H,6,7);1H/i2T;. The molecule has 0 aliphatic carbocycles. The zero-order chi connectivity index (χ0) is 6.41. The summed E-state index contributed by atoms with van der Waals surface area (Å²) in [6.07, 6.45) is 0.400. The molecule has 1 N–H and O–H groups in total. The first kappa shape index (κ1) is 4.30. The van der Waals surface area contributed by atoms with Gasteiger partial charge in [0.2, 0.25) is 5.91 Å². The van der Waals surface area contributed by atoms with Crippen molar-refractivity contribution in [3.05, 3.63) is 0 Å². The molecule has 0 aromatic carbocycles. The van der Waals surface area contributed by atoms with Crippen LogP contribution in [0, 0.1) is 0 Å². The molecule has 0 bridgehead atoms. The van der Waals surface area contributed by atoms with Crippen LogP contribution in [0.5, 0.6) is 0 Å². The minimum absolute atomic E-state index is 0. The molecular formula is C4H10N2O. The van der Waals surface area contributed by atoms with Crippen molar-refractivity contribution in [2.24, 2.45) is 5.10 Å². The van der Waals surface area contributed by atoms with Crippen molar-refractivity contribution in [3.63, 3.8) is 0 Å². The van der Waals surface area contributed by atoms with Crippen molar-refractivity contribution in [1.82, 2.24) is 5.43 Å². The first-order valence-corrected chi connectivity index (χ1v) is 2.00. The highest BCUT2D eigenvalue weighted by atomic mass is 16.2. The molecular weight excluding hydrogens is 92.1 g/mol. The van der Waals surface area contributed by atoms with Gasteiger partial charge in [0.1, 0.15) is 0 Å². The highest BCUT2D eigenvalue weighted by Crippen LogP contribution is 1.70. The van der Waals surface area contributed by atoms with Gasteiger partial charge >= 0.3 is 0 Å². The van der Waals surface area contributed by atoms with E-state index >= 15 is 0 Å². The quantitative estimate of drug-likeness (QED) is 0.399. The molecule has 0 radical (unpaired) electrons. The number of amides is 1. The van der Waals surface area contributed by atoms with Gasteiger partial charge < -0.3 is 0 Å². The Balaban J connectivity index is 0. The van der Waals surface area contributed by atoms with Crippen molar-refractivity contribution in [2.75, 3.05) is 0 Å². The van der Waals surface area contributed by atoms with E-state index in [0.717, 1.165) is 6.69 Å². The van der Waals surface area contributed by atoms with Crippen molar-refractivity contribution >= 4 is 12.6 Å². The smallest absolute Gasteiger partial charge is 0.239 e. The minimum atomic E-state index is -0.173. The molecule has 42 valence electrons. The van der Waals surface area contributed by atoms with Crippen LogP contribution >= 0.6 is 0 Å². The van der Waals surface area contributed by atoms with E-state index in [1.165, 1.54) is 0 Å². The average molecular weight is 104 g/mol. The molecule has 1 amide bonds. The molecule has 0 fully saturated rings. The summed E-state index contributed by atoms with van der Waals surface area (Å²) in [6, 6.07) is 0. The van der Waals surface area contributed by atoms with E-state index in [9.17, 15) is 4.79 Å². The molecule has 0 saturated carbocycles. The summed E-state index contributed by atoms with van der Waals surface area (Å²) in [5.74, 6) is -0.173. The van der Waals surface area contributed by atoms with Crippen molar-refractivity contribution in [1.29, 1.82) is 0 Å². The summed E-state index contributed by atoms with van der Waals surface area (Å²) < 4.78 is 6.36. The lowest BCUT2D eigenvalue weighted by Crippen LogP contribution is -2.14. The molecule has 0 heterocycles. The Labute approximate surface area is 45.3 Å². The fourth-order valence-corrected chi connectivity index (χ4v) is 0.151. The van der Waals surface area contributed by atoms with E-state index in [-0.39, 0.29) is 7.33 Å². The van der Waals surface area contributed by atoms with E-state index < -0.39 is 0 Å². The first-order valence-electron chi connectivity index (χ1n) is 2.57. The second-order valence-corrected chi connectivity index (χ2v) is 1.02. The summed E-state index contributed by atoms with van der Waals surface area (Å²) in [5, 5.41) is 3.18. The predicted molar refractivity (Wildman–Crippen MR) is 30.1 cm³/mol. The van der Waals surface area contributed by atoms with Crippen molar-refractivity contribution in [3.8, 4) is 0 Å². The molecule has 0 aliphatic heterocycles. The van der Waals surface area contributed by atoms with Crippen molar-refractivity contribution in [2.45, 2.75) is 13.3 Å². The monoisotopic (exact) mass is 104 g/mol. The maximum atomic E-state index is 10.3. The van der Waals surface area contributed by atoms with Gasteiger partial charge in [0.05, 0.1) is 1.37 Å². The molecule has 0 unspecified atom stereocenters. The molecule has 0 spiro atoms. The van der Waals surface area contributed by atoms with E-state index in [0.29, 0.717) is 6.42 Å². The molecule has 0 atom stereocenters. The highest BCUT2D eigenvalue weighted by molar-refractivity contribution is 5.75. The van der Waals surface area contributed by atoms with Crippen LogP contribution in [-0.2, 0) is 4.79 Å². The van der Waals surface area contributed by atoms with Gasteiger partial charge in [-0.2, -0.15) is 5.10 Å². The van der Waals surface area contributed by atoms with Gasteiger partial charge in [-0.3, -0.25) is 4.79 Å². The van der Waals surface area contributed by atoms with Gasteiger partial charge in [0, 0.05) is 14.5 Å². The van der Waals surface area contributed by atoms with Gasteiger partial charge in [-0.15, -0.1) is 0 Å². The van der Waals surface area contributed by atoms with E-state index in [4.69, 9.17) is 1.37 Å². The lowest BCUT2D eigenvalue weighted by molar-refractivity contribution is -0.120. The summed E-state index contributed by atoms with van der Waals surface area (Å²) in [4.78, 5) is 10.3. The molecule has 0 aromatic heterocycles. The number of hydrogen-bond acceptors (Lipinski definition) is 2. The first-order chi connectivity index (χ1) is 3.81. The molecule has 0 aromatic rings. The number of hydrazone groups is 1. The van der Waals surface area contributed by atoms with Gasteiger partial charge in [-0.25, -0.2) is 5.43 Å². The number of nitrogens with one attached hydrogen (secondary N) is 1. The zero-order valence-electron chi connectivity index (χ0n) is 5.14. The largest absolute Gasteiger partial charge is 0.273 e. The lowest BCUT2D eigenvalue weighted by atomic mass is 10.5. The van der Waals surface area contributed by atoms with Gasteiger partial charge in [-0.1, -0.05) is 6.92 Å². The Morgan fingerprint density at radius 1 is 2.43 bits per heavy atom. The Morgan fingerprint density at radius 3 is 3.57 bits per heavy atom. The van der Waals surface area contributed by atoms with Gasteiger partial charge in [0.15, 0.2) is 0 Å². The van der Waals surface area contributed by atoms with E-state index in [2.05, 4.69) is 10.5 Å². The van der Waals surface area contributed by atoms with Crippen LogP contribution in [0.1, 0.15) is 16.1 Å². The van der Waals surface area contributed by atoms with E-state index in [1.54, 1.807) is 6.92 Å². The molecule has 3 heteroatoms. The van der Waals surface area contributed by atoms with E-state index in [1.807, 2.05) is 0 Å². The SMILES string of the molecule is [3H]C=NNC(=O)CC.[HH]. The summed E-state index contributed by atoms with van der Waals surface area (Å²) >= 11 is 0. The zero-order valence-corrected chi connectivity index (χ0v) is 4.14. The molecule has 0 rings (SSSR count). The van der Waals surface area contributed by atoms with Gasteiger partial charge in [0.25, 0.3) is 0 Å². The normalized spacial score (nSPS) is 11.3. The van der Waals surface area contributed by atoms with Crippen LogP contribution in [-0.4, -0.2) is 12.6 Å². The number of rotatable bonds is 2. The molecule has 0 saturated heterocycles. The summed E-state index contributed by atoms with van der Waals surface area (Å²) in [6.45, 7) is 2.50. The number of carbonyl (C=O) groups is 1. The van der Waals surface area contributed by atoms with Gasteiger partial charge in [-0.05, 0) is 0 Å². The topological polar surface area (TPSA) is 41.5 Å². The number of carbonyl (C=O) groups excluding carboxylic acids is 1. The lowest BCUT2D eigenvalue weighted by Gasteiger charge is -1.88. The van der Waals surface area contributed by atoms with Crippen LogP contribution in [0.25, 0.3) is 0 Å². The Bertz CT molecular complexity index is 105. The molecule has 0 aliphatic rings. The maximum Gasteiger partial charge on any atom is 0.239 e. The van der Waals surface area contributed by atoms with Crippen LogP contribution in [0.4, 0.5) is 0 Å². The Morgan fingerprint density at radius 2 is 3.14 bits per heavy atom. The van der Waals surface area contributed by atoms with Crippen LogP contribution in [0.2, 0.25) is 0 Å². The second-order valence-electron chi connectivity index (χ2n) is 1.02. The fourth-order valence-electron chi connectivity index (χ4n) is 0.151. The molecule has 3 nitrogen and oxygen atoms in total. The second kappa shape index (κ2) is 3.33. The third-order valence-electron chi connectivity index (χ3n) is 0.510. The Hall–Kier alpha value is -0.860. The highest BCUT2D eigenvalue weighted by Gasteiger charge is 1.87. The summed E-state index contributed by atoms with van der Waals surface area (Å²) in [5.41, 5.74) is 2.12. The van der Waals surface area contributed by atoms with Crippen molar-refractivity contribution < 1.29 is 7.59 Å². The average Bonchev–Trinajstić information content (AvgIpc) is 1.83. The fraction of sp³-hybridized carbons (Fsp3) is 0.500. The number of hydrogen-bond donors (Lipinski definition) is 1. The molecule has 7 heavy (non-hydrogen) atoms.